The summed E-state index contributed by atoms with van der Waals surface area (Å²) in [6.07, 6.45) is 5.12. The summed E-state index contributed by atoms with van der Waals surface area (Å²) < 4.78 is 1.76. The lowest BCUT2D eigenvalue weighted by molar-refractivity contribution is -0.136. The number of nitrogens with zero attached hydrogens (tertiary/aromatic N) is 2. The van der Waals surface area contributed by atoms with Gasteiger partial charge < -0.3 is 5.11 Å². The van der Waals surface area contributed by atoms with E-state index in [9.17, 15) is 9.59 Å². The first kappa shape index (κ1) is 15.7. The monoisotopic (exact) mass is 292 g/mol. The third-order valence-corrected chi connectivity index (χ3v) is 5.02. The molecule has 1 saturated carbocycles. The first-order valence-corrected chi connectivity index (χ1v) is 7.67. The molecule has 0 unspecified atom stereocenters. The summed E-state index contributed by atoms with van der Waals surface area (Å²) in [5.74, 6) is -0.824. The van der Waals surface area contributed by atoms with Crippen LogP contribution in [-0.4, -0.2) is 20.6 Å². The number of aryl methyl sites for hydroxylation is 1. The van der Waals surface area contributed by atoms with Crippen molar-refractivity contribution in [1.82, 2.24) is 9.55 Å². The molecule has 1 fully saturated rings. The Labute approximate surface area is 125 Å². The van der Waals surface area contributed by atoms with Crippen LogP contribution in [0, 0.1) is 19.3 Å². The summed E-state index contributed by atoms with van der Waals surface area (Å²) in [5, 5.41) is 8.86. The van der Waals surface area contributed by atoms with Crippen molar-refractivity contribution >= 4 is 5.97 Å². The highest BCUT2D eigenvalue weighted by Gasteiger charge is 2.36. The molecule has 0 radical (unpaired) electrons. The Hall–Kier alpha value is -1.65. The molecule has 1 aromatic rings. The van der Waals surface area contributed by atoms with Crippen molar-refractivity contribution in [1.29, 1.82) is 0 Å². The van der Waals surface area contributed by atoms with Crippen molar-refractivity contribution in [3.63, 3.8) is 0 Å². The molecule has 0 aromatic carbocycles. The Kier molecular flexibility index (Phi) is 4.49. The molecule has 0 aliphatic heterocycles. The zero-order valence-corrected chi connectivity index (χ0v) is 13.1. The minimum atomic E-state index is -0.824. The highest BCUT2D eigenvalue weighted by molar-refractivity contribution is 5.67. The minimum absolute atomic E-state index is 0.0699. The predicted octanol–water partition coefficient (Wildman–Crippen LogP) is 2.46. The van der Waals surface area contributed by atoms with Gasteiger partial charge in [-0.05, 0) is 50.5 Å². The van der Waals surface area contributed by atoms with Crippen molar-refractivity contribution in [3.05, 3.63) is 27.4 Å². The largest absolute Gasteiger partial charge is 0.481 e. The number of rotatable bonds is 6. The van der Waals surface area contributed by atoms with E-state index in [1.807, 2.05) is 6.92 Å². The van der Waals surface area contributed by atoms with Crippen molar-refractivity contribution in [2.45, 2.75) is 65.8 Å². The van der Waals surface area contributed by atoms with E-state index in [1.165, 1.54) is 6.42 Å². The number of hydrogen-bond acceptors (Lipinski definition) is 3. The van der Waals surface area contributed by atoms with Gasteiger partial charge in [0, 0.05) is 24.4 Å². The highest BCUT2D eigenvalue weighted by Crippen LogP contribution is 2.45. The maximum Gasteiger partial charge on any atom is 0.347 e. The standard InChI is InChI=1S/C16H24N2O3/c1-4-16(8-5-9-16)10-18-12(3)13(6-7-14(19)20)11(2)17-15(18)21/h4-10H2,1-3H3,(H,19,20). The van der Waals surface area contributed by atoms with E-state index in [1.54, 1.807) is 11.5 Å². The summed E-state index contributed by atoms with van der Waals surface area (Å²) in [6, 6.07) is 0. The molecule has 1 N–H and O–H groups in total. The van der Waals surface area contributed by atoms with E-state index in [2.05, 4.69) is 11.9 Å². The average Bonchev–Trinajstić information content (AvgIpc) is 2.36. The molecule has 2 rings (SSSR count). The fourth-order valence-electron chi connectivity index (χ4n) is 3.26. The van der Waals surface area contributed by atoms with Gasteiger partial charge in [-0.15, -0.1) is 0 Å². The van der Waals surface area contributed by atoms with Gasteiger partial charge in [0.05, 0.1) is 0 Å². The van der Waals surface area contributed by atoms with Crippen LogP contribution in [0.25, 0.3) is 0 Å². The molecule has 1 heterocycles. The number of hydrogen-bond donors (Lipinski definition) is 1. The molecule has 1 aromatic heterocycles. The van der Waals surface area contributed by atoms with Gasteiger partial charge >= 0.3 is 11.7 Å². The molecule has 5 nitrogen and oxygen atoms in total. The SMILES string of the molecule is CCC1(Cn2c(C)c(CCC(=O)O)c(C)nc2=O)CCC1. The fraction of sp³-hybridized carbons (Fsp3) is 0.688. The smallest absolute Gasteiger partial charge is 0.347 e. The van der Waals surface area contributed by atoms with Crippen LogP contribution in [0.15, 0.2) is 4.79 Å². The number of aliphatic carboxylic acids is 1. The van der Waals surface area contributed by atoms with Gasteiger partial charge in [0.15, 0.2) is 0 Å². The molecular weight excluding hydrogens is 268 g/mol. The minimum Gasteiger partial charge on any atom is -0.481 e. The molecule has 0 amide bonds. The molecule has 0 atom stereocenters. The third-order valence-electron chi connectivity index (χ3n) is 5.02. The Morgan fingerprint density at radius 1 is 1.38 bits per heavy atom. The summed E-state index contributed by atoms with van der Waals surface area (Å²) >= 11 is 0. The predicted molar refractivity (Wildman–Crippen MR) is 80.5 cm³/mol. The molecule has 0 saturated heterocycles. The Balaban J connectivity index is 2.34. The fourth-order valence-corrected chi connectivity index (χ4v) is 3.26. The van der Waals surface area contributed by atoms with E-state index in [0.717, 1.165) is 30.5 Å². The van der Waals surface area contributed by atoms with Crippen LogP contribution in [0.5, 0.6) is 0 Å². The Bertz CT molecular complexity index is 595. The second kappa shape index (κ2) is 6.00. The second-order valence-corrected chi connectivity index (χ2v) is 6.23. The van der Waals surface area contributed by atoms with Crippen LogP contribution < -0.4 is 5.69 Å². The van der Waals surface area contributed by atoms with E-state index in [0.29, 0.717) is 18.7 Å². The summed E-state index contributed by atoms with van der Waals surface area (Å²) in [5.41, 5.74) is 2.48. The number of carboxylic acids is 1. The zero-order chi connectivity index (χ0) is 15.6. The van der Waals surface area contributed by atoms with E-state index >= 15 is 0 Å². The van der Waals surface area contributed by atoms with Crippen molar-refractivity contribution in [3.8, 4) is 0 Å². The highest BCUT2D eigenvalue weighted by atomic mass is 16.4. The third kappa shape index (κ3) is 3.17. The lowest BCUT2D eigenvalue weighted by Crippen LogP contribution is -2.39. The molecular formula is C16H24N2O3. The van der Waals surface area contributed by atoms with Crippen LogP contribution in [0.4, 0.5) is 0 Å². The van der Waals surface area contributed by atoms with Crippen LogP contribution in [-0.2, 0) is 17.8 Å². The van der Waals surface area contributed by atoms with Gasteiger partial charge in [0.1, 0.15) is 0 Å². The van der Waals surface area contributed by atoms with Crippen LogP contribution >= 0.6 is 0 Å². The van der Waals surface area contributed by atoms with Crippen LogP contribution in [0.1, 0.15) is 56.0 Å². The van der Waals surface area contributed by atoms with Gasteiger partial charge in [0.2, 0.25) is 0 Å². The molecule has 21 heavy (non-hydrogen) atoms. The first-order chi connectivity index (χ1) is 9.88. The Morgan fingerprint density at radius 3 is 2.52 bits per heavy atom. The van der Waals surface area contributed by atoms with Crippen molar-refractivity contribution < 1.29 is 9.90 Å². The zero-order valence-electron chi connectivity index (χ0n) is 13.1. The maximum atomic E-state index is 12.2. The molecule has 5 heteroatoms. The summed E-state index contributed by atoms with van der Waals surface area (Å²) in [6.45, 7) is 6.58. The topological polar surface area (TPSA) is 72.2 Å². The average molecular weight is 292 g/mol. The van der Waals surface area contributed by atoms with Gasteiger partial charge in [0.25, 0.3) is 0 Å². The van der Waals surface area contributed by atoms with E-state index < -0.39 is 5.97 Å². The summed E-state index contributed by atoms with van der Waals surface area (Å²) in [7, 11) is 0. The van der Waals surface area contributed by atoms with Gasteiger partial charge in [-0.1, -0.05) is 13.3 Å². The van der Waals surface area contributed by atoms with Gasteiger partial charge in [-0.3, -0.25) is 9.36 Å². The van der Waals surface area contributed by atoms with Crippen LogP contribution in [0.3, 0.4) is 0 Å². The Morgan fingerprint density at radius 2 is 2.05 bits per heavy atom. The molecule has 1 aliphatic carbocycles. The van der Waals surface area contributed by atoms with E-state index in [4.69, 9.17) is 5.11 Å². The molecule has 1 aliphatic rings. The normalized spacial score (nSPS) is 16.5. The molecule has 116 valence electrons. The van der Waals surface area contributed by atoms with Gasteiger partial charge in [-0.25, -0.2) is 4.79 Å². The van der Waals surface area contributed by atoms with Crippen molar-refractivity contribution in [2.75, 3.05) is 0 Å². The number of carboxylic acid groups (broad SMARTS) is 1. The van der Waals surface area contributed by atoms with Gasteiger partial charge in [-0.2, -0.15) is 4.98 Å². The lowest BCUT2D eigenvalue weighted by Gasteiger charge is -2.42. The quantitative estimate of drug-likeness (QED) is 0.874. The summed E-state index contributed by atoms with van der Waals surface area (Å²) in [4.78, 5) is 27.1. The molecule has 0 spiro atoms. The van der Waals surface area contributed by atoms with Crippen molar-refractivity contribution in [2.24, 2.45) is 5.41 Å². The van der Waals surface area contributed by atoms with E-state index in [-0.39, 0.29) is 17.5 Å². The van der Waals surface area contributed by atoms with Crippen LogP contribution in [0.2, 0.25) is 0 Å². The maximum absolute atomic E-state index is 12.2. The number of aromatic nitrogens is 2. The number of carbonyl (C=O) groups is 1. The molecule has 0 bridgehead atoms. The first-order valence-electron chi connectivity index (χ1n) is 7.67. The second-order valence-electron chi connectivity index (χ2n) is 6.23. The lowest BCUT2D eigenvalue weighted by atomic mass is 9.67.